The molecule has 90 valence electrons. The van der Waals surface area contributed by atoms with Crippen LogP contribution < -0.4 is 5.73 Å². The Balaban J connectivity index is 2.05. The van der Waals surface area contributed by atoms with Gasteiger partial charge in [0.1, 0.15) is 0 Å². The highest BCUT2D eigenvalue weighted by Gasteiger charge is 2.30. The molecule has 0 aromatic carbocycles. The molecule has 2 unspecified atom stereocenters. The summed E-state index contributed by atoms with van der Waals surface area (Å²) in [6.45, 7) is 6.16. The fraction of sp³-hybridized carbons (Fsp3) is 0.769. The van der Waals surface area contributed by atoms with Crippen molar-refractivity contribution in [3.63, 3.8) is 0 Å². The Morgan fingerprint density at radius 3 is 2.62 bits per heavy atom. The quantitative estimate of drug-likeness (QED) is 0.826. The van der Waals surface area contributed by atoms with Crippen molar-refractivity contribution in [2.75, 3.05) is 6.54 Å². The van der Waals surface area contributed by atoms with Gasteiger partial charge in [-0.25, -0.2) is 0 Å². The lowest BCUT2D eigenvalue weighted by atomic mass is 9.71. The lowest BCUT2D eigenvalue weighted by Crippen LogP contribution is -2.34. The molecule has 2 atom stereocenters. The Morgan fingerprint density at radius 1 is 1.38 bits per heavy atom. The topological polar surface area (TPSA) is 43.8 Å². The third kappa shape index (κ3) is 2.14. The molecule has 1 aromatic heterocycles. The van der Waals surface area contributed by atoms with Crippen LogP contribution in [0.4, 0.5) is 0 Å². The van der Waals surface area contributed by atoms with Crippen LogP contribution in [-0.2, 0) is 19.4 Å². The summed E-state index contributed by atoms with van der Waals surface area (Å²) in [4.78, 5) is 0. The molecule has 1 aliphatic carbocycles. The summed E-state index contributed by atoms with van der Waals surface area (Å²) in [5.74, 6) is 1.56. The minimum Gasteiger partial charge on any atom is -0.330 e. The first-order valence-corrected chi connectivity index (χ1v) is 6.54. The van der Waals surface area contributed by atoms with E-state index in [4.69, 9.17) is 5.73 Å². The second kappa shape index (κ2) is 5.00. The van der Waals surface area contributed by atoms with Gasteiger partial charge in [-0.15, -0.1) is 0 Å². The van der Waals surface area contributed by atoms with Gasteiger partial charge in [-0.1, -0.05) is 6.92 Å². The van der Waals surface area contributed by atoms with Crippen LogP contribution in [0.1, 0.15) is 38.1 Å². The molecule has 1 aromatic rings. The van der Waals surface area contributed by atoms with Crippen molar-refractivity contribution < 1.29 is 0 Å². The van der Waals surface area contributed by atoms with E-state index in [9.17, 15) is 0 Å². The molecule has 1 aliphatic rings. The van der Waals surface area contributed by atoms with Crippen molar-refractivity contribution in [2.24, 2.45) is 17.6 Å². The van der Waals surface area contributed by atoms with Crippen LogP contribution in [0.5, 0.6) is 0 Å². The molecule has 0 spiro atoms. The van der Waals surface area contributed by atoms with Crippen LogP contribution in [0, 0.1) is 11.8 Å². The molecule has 1 fully saturated rings. The first kappa shape index (κ1) is 11.6. The number of nitrogens with zero attached hydrogens (tertiary/aromatic N) is 2. The Hall–Kier alpha value is -0.830. The molecule has 0 bridgehead atoms. The molecule has 0 radical (unpaired) electrons. The number of hydrogen-bond acceptors (Lipinski definition) is 2. The maximum absolute atomic E-state index is 5.76. The second-order valence-corrected chi connectivity index (χ2v) is 4.83. The first-order chi connectivity index (χ1) is 7.78. The van der Waals surface area contributed by atoms with E-state index < -0.39 is 0 Å². The average molecular weight is 221 g/mol. The van der Waals surface area contributed by atoms with Crippen LogP contribution in [0.2, 0.25) is 0 Å². The maximum atomic E-state index is 5.76. The monoisotopic (exact) mass is 221 g/mol. The smallest absolute Gasteiger partial charge is 0.0624 e. The highest BCUT2D eigenvalue weighted by atomic mass is 15.3. The van der Waals surface area contributed by atoms with Crippen LogP contribution in [0.15, 0.2) is 6.07 Å². The van der Waals surface area contributed by atoms with Crippen LogP contribution >= 0.6 is 0 Å². The van der Waals surface area contributed by atoms with Crippen molar-refractivity contribution >= 4 is 0 Å². The van der Waals surface area contributed by atoms with Gasteiger partial charge in [-0.2, -0.15) is 5.10 Å². The Kier molecular flexibility index (Phi) is 3.64. The zero-order valence-electron chi connectivity index (χ0n) is 10.4. The highest BCUT2D eigenvalue weighted by Crippen LogP contribution is 2.36. The van der Waals surface area contributed by atoms with E-state index in [-0.39, 0.29) is 0 Å². The summed E-state index contributed by atoms with van der Waals surface area (Å²) >= 11 is 0. The molecule has 1 saturated carbocycles. The molecular formula is C13H23N3. The zero-order valence-corrected chi connectivity index (χ0v) is 10.4. The lowest BCUT2D eigenvalue weighted by Gasteiger charge is -2.35. The highest BCUT2D eigenvalue weighted by molar-refractivity contribution is 5.12. The molecular weight excluding hydrogens is 198 g/mol. The minimum atomic E-state index is 0.755. The fourth-order valence-corrected chi connectivity index (χ4v) is 2.61. The van der Waals surface area contributed by atoms with Crippen LogP contribution in [0.3, 0.4) is 0 Å². The Labute approximate surface area is 98.0 Å². The summed E-state index contributed by atoms with van der Waals surface area (Å²) in [5.41, 5.74) is 8.39. The summed E-state index contributed by atoms with van der Waals surface area (Å²) in [6.07, 6.45) is 4.87. The van der Waals surface area contributed by atoms with Crippen molar-refractivity contribution in [1.29, 1.82) is 0 Å². The molecule has 1 heterocycles. The number of rotatable bonds is 5. The molecule has 2 rings (SSSR count). The first-order valence-electron chi connectivity index (χ1n) is 6.54. The van der Waals surface area contributed by atoms with E-state index in [1.807, 2.05) is 0 Å². The van der Waals surface area contributed by atoms with Gasteiger partial charge in [-0.05, 0) is 57.1 Å². The van der Waals surface area contributed by atoms with Gasteiger partial charge in [0.05, 0.1) is 5.69 Å². The summed E-state index contributed by atoms with van der Waals surface area (Å²) in [6, 6.07) is 2.27. The lowest BCUT2D eigenvalue weighted by molar-refractivity contribution is 0.180. The van der Waals surface area contributed by atoms with E-state index in [1.54, 1.807) is 0 Å². The Morgan fingerprint density at radius 2 is 2.12 bits per heavy atom. The van der Waals surface area contributed by atoms with Crippen molar-refractivity contribution in [2.45, 2.75) is 46.1 Å². The third-order valence-electron chi connectivity index (χ3n) is 3.92. The van der Waals surface area contributed by atoms with Crippen LogP contribution in [-0.4, -0.2) is 16.3 Å². The zero-order chi connectivity index (χ0) is 11.5. The second-order valence-electron chi connectivity index (χ2n) is 4.83. The van der Waals surface area contributed by atoms with Gasteiger partial charge in [0.2, 0.25) is 0 Å². The van der Waals surface area contributed by atoms with Gasteiger partial charge >= 0.3 is 0 Å². The van der Waals surface area contributed by atoms with E-state index in [0.29, 0.717) is 0 Å². The van der Waals surface area contributed by atoms with Crippen molar-refractivity contribution in [3.8, 4) is 0 Å². The molecule has 16 heavy (non-hydrogen) atoms. The molecule has 3 nitrogen and oxygen atoms in total. The summed E-state index contributed by atoms with van der Waals surface area (Å²) in [5, 5.41) is 4.59. The normalized spacial score (nSPS) is 24.4. The predicted octanol–water partition coefficient (Wildman–Crippen LogP) is 1.99. The van der Waals surface area contributed by atoms with E-state index >= 15 is 0 Å². The number of nitrogens with two attached hydrogens (primary N) is 1. The van der Waals surface area contributed by atoms with Crippen molar-refractivity contribution in [3.05, 3.63) is 17.5 Å². The van der Waals surface area contributed by atoms with Gasteiger partial charge in [0.15, 0.2) is 0 Å². The molecule has 3 heteroatoms. The summed E-state index contributed by atoms with van der Waals surface area (Å²) < 4.78 is 2.16. The molecule has 0 aliphatic heterocycles. The largest absolute Gasteiger partial charge is 0.330 e. The van der Waals surface area contributed by atoms with Gasteiger partial charge in [0.25, 0.3) is 0 Å². The van der Waals surface area contributed by atoms with Gasteiger partial charge in [0, 0.05) is 12.2 Å². The SMILES string of the molecule is CCc1cc(CC2CCC2CN)n(CC)n1. The predicted molar refractivity (Wildman–Crippen MR) is 66.3 cm³/mol. The van der Waals surface area contributed by atoms with Gasteiger partial charge in [-0.3, -0.25) is 4.68 Å². The fourth-order valence-electron chi connectivity index (χ4n) is 2.61. The number of hydrogen-bond donors (Lipinski definition) is 1. The third-order valence-corrected chi connectivity index (χ3v) is 3.92. The number of aryl methyl sites for hydroxylation is 2. The van der Waals surface area contributed by atoms with Gasteiger partial charge < -0.3 is 5.73 Å². The standard InChI is InChI=1S/C13H23N3/c1-3-12-8-13(16(4-2)15-12)7-10-5-6-11(10)9-14/h8,10-11H,3-7,9,14H2,1-2H3. The van der Waals surface area contributed by atoms with E-state index in [0.717, 1.165) is 31.3 Å². The summed E-state index contributed by atoms with van der Waals surface area (Å²) in [7, 11) is 0. The van der Waals surface area contributed by atoms with E-state index in [2.05, 4.69) is 29.7 Å². The van der Waals surface area contributed by atoms with Crippen LogP contribution in [0.25, 0.3) is 0 Å². The molecule has 2 N–H and O–H groups in total. The van der Waals surface area contributed by atoms with Crippen molar-refractivity contribution in [1.82, 2.24) is 9.78 Å². The molecule has 0 saturated heterocycles. The van der Waals surface area contributed by atoms with E-state index in [1.165, 1.54) is 30.7 Å². The molecule has 0 amide bonds. The minimum absolute atomic E-state index is 0.755. The Bertz CT molecular complexity index is 341. The average Bonchev–Trinajstić information content (AvgIpc) is 2.67. The maximum Gasteiger partial charge on any atom is 0.0624 e. The number of aromatic nitrogens is 2.